The van der Waals surface area contributed by atoms with Crippen molar-refractivity contribution in [2.45, 2.75) is 46.3 Å². The zero-order valence-corrected chi connectivity index (χ0v) is 20.5. The first-order chi connectivity index (χ1) is 14.4. The summed E-state index contributed by atoms with van der Waals surface area (Å²) in [6, 6.07) is 12.8. The van der Waals surface area contributed by atoms with E-state index in [1.807, 2.05) is 32.0 Å². The Kier molecular flexibility index (Phi) is 12.2. The molecule has 0 heterocycles. The third kappa shape index (κ3) is 9.69. The van der Waals surface area contributed by atoms with Crippen LogP contribution in [0, 0.1) is 0 Å². The monoisotopic (exact) mass is 549 g/mol. The Morgan fingerprint density at radius 1 is 1.03 bits per heavy atom. The van der Waals surface area contributed by atoms with E-state index in [-0.39, 0.29) is 42.4 Å². The highest BCUT2D eigenvalue weighted by Crippen LogP contribution is 2.25. The van der Waals surface area contributed by atoms with E-state index in [2.05, 4.69) is 26.4 Å². The molecule has 2 rings (SSSR count). The SMILES string of the molecule is CN=C(NCc1cccc(COC(C)C)c1)NCc1cc(OC)ccc1OC(F)F.I. The van der Waals surface area contributed by atoms with Crippen molar-refractivity contribution < 1.29 is 23.0 Å². The molecular weight excluding hydrogens is 519 g/mol. The van der Waals surface area contributed by atoms with Crippen molar-refractivity contribution >= 4 is 29.9 Å². The second kappa shape index (κ2) is 14.0. The summed E-state index contributed by atoms with van der Waals surface area (Å²) in [4.78, 5) is 4.18. The van der Waals surface area contributed by atoms with Gasteiger partial charge in [0.15, 0.2) is 5.96 Å². The third-order valence-corrected chi connectivity index (χ3v) is 4.19. The smallest absolute Gasteiger partial charge is 0.387 e. The maximum Gasteiger partial charge on any atom is 0.387 e. The lowest BCUT2D eigenvalue weighted by molar-refractivity contribution is -0.0505. The summed E-state index contributed by atoms with van der Waals surface area (Å²) in [7, 11) is 3.16. The number of hydrogen-bond acceptors (Lipinski definition) is 4. The number of hydrogen-bond donors (Lipinski definition) is 2. The van der Waals surface area contributed by atoms with Crippen LogP contribution in [0.1, 0.15) is 30.5 Å². The summed E-state index contributed by atoms with van der Waals surface area (Å²) in [5, 5.41) is 6.32. The Labute approximate surface area is 199 Å². The average molecular weight is 549 g/mol. The number of nitrogens with zero attached hydrogens (tertiary/aromatic N) is 1. The Bertz CT molecular complexity index is 835. The second-order valence-corrected chi connectivity index (χ2v) is 6.81. The van der Waals surface area contributed by atoms with E-state index in [1.54, 1.807) is 19.2 Å². The van der Waals surface area contributed by atoms with Gasteiger partial charge in [-0.15, -0.1) is 24.0 Å². The number of aliphatic imine (C=N–C) groups is 1. The fourth-order valence-corrected chi connectivity index (χ4v) is 2.71. The maximum atomic E-state index is 12.7. The minimum atomic E-state index is -2.90. The first-order valence-electron chi connectivity index (χ1n) is 9.67. The molecule has 2 N–H and O–H groups in total. The molecule has 0 aliphatic heterocycles. The topological polar surface area (TPSA) is 64.1 Å². The Morgan fingerprint density at radius 3 is 2.39 bits per heavy atom. The molecule has 9 heteroatoms. The highest BCUT2D eigenvalue weighted by molar-refractivity contribution is 14.0. The lowest BCUT2D eigenvalue weighted by Gasteiger charge is -2.16. The molecule has 0 saturated heterocycles. The standard InChI is InChI=1S/C22H29F2N3O3.HI/c1-15(2)29-14-17-7-5-6-16(10-17)12-26-22(25-3)27-13-18-11-19(28-4)8-9-20(18)30-21(23)24;/h5-11,15,21H,12-14H2,1-4H3,(H2,25,26,27);1H. The van der Waals surface area contributed by atoms with E-state index < -0.39 is 6.61 Å². The van der Waals surface area contributed by atoms with Crippen LogP contribution in [0.5, 0.6) is 11.5 Å². The number of methoxy groups -OCH3 is 1. The molecule has 0 fully saturated rings. The van der Waals surface area contributed by atoms with Gasteiger partial charge in [-0.2, -0.15) is 8.78 Å². The zero-order chi connectivity index (χ0) is 21.9. The third-order valence-electron chi connectivity index (χ3n) is 4.19. The molecule has 0 spiro atoms. The molecule has 0 unspecified atom stereocenters. The highest BCUT2D eigenvalue weighted by Gasteiger charge is 2.11. The average Bonchev–Trinajstić information content (AvgIpc) is 2.73. The molecular formula is C22H30F2IN3O3. The van der Waals surface area contributed by atoms with Crippen LogP contribution >= 0.6 is 24.0 Å². The zero-order valence-electron chi connectivity index (χ0n) is 18.2. The van der Waals surface area contributed by atoms with E-state index >= 15 is 0 Å². The van der Waals surface area contributed by atoms with Gasteiger partial charge in [0.2, 0.25) is 0 Å². The highest BCUT2D eigenvalue weighted by atomic mass is 127. The van der Waals surface area contributed by atoms with Crippen LogP contribution in [0.2, 0.25) is 0 Å². The summed E-state index contributed by atoms with van der Waals surface area (Å²) in [5.41, 5.74) is 2.70. The van der Waals surface area contributed by atoms with Gasteiger partial charge in [0.05, 0.1) is 19.8 Å². The number of guanidine groups is 1. The summed E-state index contributed by atoms with van der Waals surface area (Å²) >= 11 is 0. The van der Waals surface area contributed by atoms with Gasteiger partial charge in [-0.05, 0) is 43.2 Å². The molecule has 2 aromatic rings. The maximum absolute atomic E-state index is 12.7. The first-order valence-corrected chi connectivity index (χ1v) is 9.67. The Morgan fingerprint density at radius 2 is 1.74 bits per heavy atom. The van der Waals surface area contributed by atoms with E-state index in [9.17, 15) is 8.78 Å². The fourth-order valence-electron chi connectivity index (χ4n) is 2.71. The quantitative estimate of drug-likeness (QED) is 0.256. The van der Waals surface area contributed by atoms with Gasteiger partial charge in [-0.1, -0.05) is 24.3 Å². The first kappa shape index (κ1) is 26.9. The molecule has 6 nitrogen and oxygen atoms in total. The van der Waals surface area contributed by atoms with Gasteiger partial charge in [0.1, 0.15) is 11.5 Å². The van der Waals surface area contributed by atoms with Gasteiger partial charge < -0.3 is 24.8 Å². The van der Waals surface area contributed by atoms with E-state index in [0.717, 1.165) is 11.1 Å². The lowest BCUT2D eigenvalue weighted by Crippen LogP contribution is -2.36. The molecule has 31 heavy (non-hydrogen) atoms. The van der Waals surface area contributed by atoms with Gasteiger partial charge in [-0.25, -0.2) is 0 Å². The number of rotatable bonds is 10. The van der Waals surface area contributed by atoms with Crippen molar-refractivity contribution in [3.05, 3.63) is 59.2 Å². The van der Waals surface area contributed by atoms with E-state index in [0.29, 0.717) is 30.4 Å². The fraction of sp³-hybridized carbons (Fsp3) is 0.409. The molecule has 0 amide bonds. The van der Waals surface area contributed by atoms with Crippen molar-refractivity contribution in [2.24, 2.45) is 4.99 Å². The number of alkyl halides is 2. The Balaban J connectivity index is 0.00000480. The number of ether oxygens (including phenoxy) is 3. The lowest BCUT2D eigenvalue weighted by atomic mass is 10.1. The van der Waals surface area contributed by atoms with Crippen LogP contribution in [-0.4, -0.2) is 32.8 Å². The molecule has 0 radical (unpaired) electrons. The molecule has 0 aromatic heterocycles. The number of nitrogens with one attached hydrogen (secondary N) is 2. The van der Waals surface area contributed by atoms with Crippen LogP contribution < -0.4 is 20.1 Å². The normalized spacial score (nSPS) is 11.3. The van der Waals surface area contributed by atoms with Crippen molar-refractivity contribution in [2.75, 3.05) is 14.2 Å². The van der Waals surface area contributed by atoms with Crippen molar-refractivity contribution in [3.8, 4) is 11.5 Å². The molecule has 172 valence electrons. The minimum absolute atomic E-state index is 0. The van der Waals surface area contributed by atoms with Crippen LogP contribution in [-0.2, 0) is 24.4 Å². The largest absolute Gasteiger partial charge is 0.497 e. The van der Waals surface area contributed by atoms with Gasteiger partial charge in [-0.3, -0.25) is 4.99 Å². The molecule has 0 aliphatic rings. The minimum Gasteiger partial charge on any atom is -0.497 e. The molecule has 2 aromatic carbocycles. The van der Waals surface area contributed by atoms with Gasteiger partial charge >= 0.3 is 6.61 Å². The van der Waals surface area contributed by atoms with Crippen LogP contribution in [0.4, 0.5) is 8.78 Å². The summed E-state index contributed by atoms with van der Waals surface area (Å²) < 4.78 is 40.7. The molecule has 0 aliphatic carbocycles. The van der Waals surface area contributed by atoms with Crippen molar-refractivity contribution in [3.63, 3.8) is 0 Å². The predicted octanol–water partition coefficient (Wildman–Crippen LogP) is 4.70. The van der Waals surface area contributed by atoms with E-state index in [1.165, 1.54) is 13.2 Å². The molecule has 0 atom stereocenters. The summed E-state index contributed by atoms with van der Waals surface area (Å²) in [6.45, 7) is 2.44. The number of halogens is 3. The van der Waals surface area contributed by atoms with Crippen LogP contribution in [0.25, 0.3) is 0 Å². The van der Waals surface area contributed by atoms with Gasteiger partial charge in [0, 0.05) is 25.7 Å². The summed E-state index contributed by atoms with van der Waals surface area (Å²) in [5.74, 6) is 1.17. The van der Waals surface area contributed by atoms with E-state index in [4.69, 9.17) is 9.47 Å². The van der Waals surface area contributed by atoms with Crippen molar-refractivity contribution in [1.29, 1.82) is 0 Å². The molecule has 0 saturated carbocycles. The molecule has 0 bridgehead atoms. The summed E-state index contributed by atoms with van der Waals surface area (Å²) in [6.07, 6.45) is 0.172. The van der Waals surface area contributed by atoms with Crippen molar-refractivity contribution in [1.82, 2.24) is 10.6 Å². The van der Waals surface area contributed by atoms with Crippen LogP contribution in [0.15, 0.2) is 47.5 Å². The van der Waals surface area contributed by atoms with Gasteiger partial charge in [0.25, 0.3) is 0 Å². The second-order valence-electron chi connectivity index (χ2n) is 6.81. The predicted molar refractivity (Wildman–Crippen MR) is 128 cm³/mol. The Hall–Kier alpha value is -2.14. The number of benzene rings is 2. The van der Waals surface area contributed by atoms with Crippen LogP contribution in [0.3, 0.4) is 0 Å².